The molecule has 8 heteroatoms. The molecule has 2 aromatic rings. The van der Waals surface area contributed by atoms with Crippen molar-refractivity contribution in [2.24, 2.45) is 0 Å². The van der Waals surface area contributed by atoms with Crippen LogP contribution in [-0.4, -0.2) is 25.6 Å². The van der Waals surface area contributed by atoms with Crippen molar-refractivity contribution in [2.45, 2.75) is 18.2 Å². The van der Waals surface area contributed by atoms with Crippen LogP contribution >= 0.6 is 0 Å². The second-order valence-corrected chi connectivity index (χ2v) is 5.61. The highest BCUT2D eigenvalue weighted by Gasteiger charge is 2.18. The van der Waals surface area contributed by atoms with Gasteiger partial charge in [-0.3, -0.25) is 0 Å². The molecular weight excluding hydrogens is 284 g/mol. The smallest absolute Gasteiger partial charge is 0.274 e. The summed E-state index contributed by atoms with van der Waals surface area (Å²) in [6, 6.07) is 6.04. The molecule has 108 valence electrons. The number of sulfonamides is 1. The van der Waals surface area contributed by atoms with Crippen LogP contribution in [0, 0.1) is 0 Å². The zero-order valence-electron chi connectivity index (χ0n) is 10.7. The Bertz CT molecular complexity index is 663. The van der Waals surface area contributed by atoms with E-state index in [0.717, 1.165) is 0 Å². The van der Waals surface area contributed by atoms with Gasteiger partial charge in [-0.1, -0.05) is 6.07 Å². The summed E-state index contributed by atoms with van der Waals surface area (Å²) in [4.78, 5) is 3.97. The summed E-state index contributed by atoms with van der Waals surface area (Å²) in [5, 5.41) is 8.61. The number of aromatic nitrogens is 1. The van der Waals surface area contributed by atoms with Gasteiger partial charge in [0.05, 0.1) is 7.11 Å². The van der Waals surface area contributed by atoms with E-state index < -0.39 is 10.0 Å². The normalized spacial score (nSPS) is 11.5. The van der Waals surface area contributed by atoms with Gasteiger partial charge in [-0.15, -0.1) is 0 Å². The molecule has 0 amide bonds. The third kappa shape index (κ3) is 3.35. The first kappa shape index (κ1) is 14.5. The predicted molar refractivity (Wildman–Crippen MR) is 69.4 cm³/mol. The molecule has 0 aromatic carbocycles. The number of furan rings is 1. The Morgan fingerprint density at radius 1 is 1.35 bits per heavy atom. The minimum atomic E-state index is -3.75. The van der Waals surface area contributed by atoms with Gasteiger partial charge in [0.25, 0.3) is 10.0 Å². The van der Waals surface area contributed by atoms with Gasteiger partial charge in [-0.2, -0.15) is 0 Å². The van der Waals surface area contributed by atoms with Crippen molar-refractivity contribution in [3.05, 3.63) is 41.8 Å². The molecule has 2 heterocycles. The fourth-order valence-corrected chi connectivity index (χ4v) is 2.44. The summed E-state index contributed by atoms with van der Waals surface area (Å²) in [5.41, 5.74) is 0.684. The summed E-state index contributed by atoms with van der Waals surface area (Å²) >= 11 is 0. The van der Waals surface area contributed by atoms with Crippen LogP contribution in [0.25, 0.3) is 0 Å². The predicted octanol–water partition coefficient (Wildman–Crippen LogP) is 0.654. The Kier molecular flexibility index (Phi) is 4.38. The third-order valence-electron chi connectivity index (χ3n) is 2.53. The Balaban J connectivity index is 2.04. The Morgan fingerprint density at radius 2 is 2.15 bits per heavy atom. The Hall–Kier alpha value is -1.90. The molecule has 0 radical (unpaired) electrons. The molecule has 0 bridgehead atoms. The average molecular weight is 298 g/mol. The summed E-state index contributed by atoms with van der Waals surface area (Å²) in [5.74, 6) is 0.645. The van der Waals surface area contributed by atoms with Crippen molar-refractivity contribution in [2.75, 3.05) is 7.11 Å². The quantitative estimate of drug-likeness (QED) is 0.812. The lowest BCUT2D eigenvalue weighted by Gasteiger charge is -2.05. The zero-order chi connectivity index (χ0) is 14.6. The maximum absolute atomic E-state index is 11.9. The number of ether oxygens (including phenoxy) is 1. The molecule has 7 nitrogen and oxygen atoms in total. The fraction of sp³-hybridized carbons (Fsp3) is 0.250. The zero-order valence-corrected chi connectivity index (χ0v) is 11.6. The van der Waals surface area contributed by atoms with E-state index in [1.165, 1.54) is 25.4 Å². The van der Waals surface area contributed by atoms with Crippen LogP contribution < -0.4 is 9.46 Å². The van der Waals surface area contributed by atoms with Crippen LogP contribution in [0.1, 0.15) is 11.3 Å². The maximum Gasteiger partial charge on any atom is 0.274 e. The number of aliphatic hydroxyl groups excluding tert-OH is 1. The molecule has 2 N–H and O–H groups in total. The minimum absolute atomic E-state index is 0.0779. The van der Waals surface area contributed by atoms with E-state index >= 15 is 0 Å². The summed E-state index contributed by atoms with van der Waals surface area (Å²) < 4.78 is 36.1. The molecule has 0 unspecified atom stereocenters. The van der Waals surface area contributed by atoms with Gasteiger partial charge in [0.15, 0.2) is 0 Å². The van der Waals surface area contributed by atoms with Crippen molar-refractivity contribution in [1.29, 1.82) is 0 Å². The number of nitrogens with zero attached hydrogens (tertiary/aromatic N) is 1. The highest BCUT2D eigenvalue weighted by atomic mass is 32.2. The topological polar surface area (TPSA) is 102 Å². The van der Waals surface area contributed by atoms with Gasteiger partial charge in [-0.05, 0) is 17.7 Å². The van der Waals surface area contributed by atoms with Crippen LogP contribution in [0.3, 0.4) is 0 Å². The van der Waals surface area contributed by atoms with Gasteiger partial charge in [0, 0.05) is 18.8 Å². The van der Waals surface area contributed by atoms with E-state index in [2.05, 4.69) is 9.71 Å². The fourth-order valence-electron chi connectivity index (χ4n) is 1.47. The van der Waals surface area contributed by atoms with E-state index in [1.54, 1.807) is 12.1 Å². The standard InChI is InChI=1S/C12H14N2O5S/c1-18-11-4-2-9(6-13-11)7-14-20(16,17)12-5-3-10(8-15)19-12/h2-6,14-15H,7-8H2,1H3. The lowest BCUT2D eigenvalue weighted by atomic mass is 10.3. The summed E-state index contributed by atoms with van der Waals surface area (Å²) in [6.07, 6.45) is 1.52. The maximum atomic E-state index is 11.9. The van der Waals surface area contributed by atoms with Crippen molar-refractivity contribution in [3.63, 3.8) is 0 Å². The van der Waals surface area contributed by atoms with E-state index in [0.29, 0.717) is 11.4 Å². The van der Waals surface area contributed by atoms with Gasteiger partial charge in [0.2, 0.25) is 11.0 Å². The Morgan fingerprint density at radius 3 is 2.70 bits per heavy atom. The first-order chi connectivity index (χ1) is 9.55. The summed E-state index contributed by atoms with van der Waals surface area (Å²) in [7, 11) is -2.25. The SMILES string of the molecule is COc1ccc(CNS(=O)(=O)c2ccc(CO)o2)cn1. The molecule has 0 saturated heterocycles. The highest BCUT2D eigenvalue weighted by Crippen LogP contribution is 2.14. The van der Waals surface area contributed by atoms with Crippen molar-refractivity contribution >= 4 is 10.0 Å². The van der Waals surface area contributed by atoms with Crippen LogP contribution in [0.4, 0.5) is 0 Å². The van der Waals surface area contributed by atoms with Gasteiger partial charge >= 0.3 is 0 Å². The van der Waals surface area contributed by atoms with E-state index in [1.807, 2.05) is 0 Å². The molecule has 0 atom stereocenters. The number of pyridine rings is 1. The number of methoxy groups -OCH3 is 1. The largest absolute Gasteiger partial charge is 0.481 e. The van der Waals surface area contributed by atoms with Crippen LogP contribution in [0.2, 0.25) is 0 Å². The Labute approximate surface area is 116 Å². The molecule has 2 rings (SSSR count). The van der Waals surface area contributed by atoms with E-state index in [4.69, 9.17) is 14.3 Å². The second kappa shape index (κ2) is 6.04. The molecule has 0 aliphatic heterocycles. The third-order valence-corrected chi connectivity index (χ3v) is 3.80. The summed E-state index contributed by atoms with van der Waals surface area (Å²) in [6.45, 7) is -0.271. The molecule has 0 aliphatic rings. The molecule has 0 aliphatic carbocycles. The van der Waals surface area contributed by atoms with Crippen molar-refractivity contribution in [1.82, 2.24) is 9.71 Å². The average Bonchev–Trinajstić information content (AvgIpc) is 2.95. The minimum Gasteiger partial charge on any atom is -0.481 e. The second-order valence-electron chi connectivity index (χ2n) is 3.91. The lowest BCUT2D eigenvalue weighted by Crippen LogP contribution is -2.22. The molecule has 0 saturated carbocycles. The molecule has 0 fully saturated rings. The van der Waals surface area contributed by atoms with Gasteiger partial charge in [0.1, 0.15) is 12.4 Å². The number of rotatable bonds is 6. The van der Waals surface area contributed by atoms with E-state index in [-0.39, 0.29) is 24.0 Å². The van der Waals surface area contributed by atoms with Crippen molar-refractivity contribution in [3.8, 4) is 5.88 Å². The molecule has 0 spiro atoms. The first-order valence-corrected chi connectivity index (χ1v) is 7.21. The first-order valence-electron chi connectivity index (χ1n) is 5.73. The number of aliphatic hydroxyl groups is 1. The molecular formula is C12H14N2O5S. The number of hydrogen-bond acceptors (Lipinski definition) is 6. The van der Waals surface area contributed by atoms with Crippen molar-refractivity contribution < 1.29 is 22.7 Å². The van der Waals surface area contributed by atoms with Crippen LogP contribution in [-0.2, 0) is 23.2 Å². The lowest BCUT2D eigenvalue weighted by molar-refractivity contribution is 0.236. The van der Waals surface area contributed by atoms with Gasteiger partial charge < -0.3 is 14.3 Å². The highest BCUT2D eigenvalue weighted by molar-refractivity contribution is 7.89. The monoisotopic (exact) mass is 298 g/mol. The van der Waals surface area contributed by atoms with E-state index in [9.17, 15) is 8.42 Å². The van der Waals surface area contributed by atoms with Gasteiger partial charge in [-0.25, -0.2) is 18.1 Å². The van der Waals surface area contributed by atoms with Crippen LogP contribution in [0.15, 0.2) is 40.0 Å². The number of nitrogens with one attached hydrogen (secondary N) is 1. The molecule has 20 heavy (non-hydrogen) atoms. The van der Waals surface area contributed by atoms with Crippen LogP contribution in [0.5, 0.6) is 5.88 Å². The molecule has 2 aromatic heterocycles. The number of hydrogen-bond donors (Lipinski definition) is 2.